The lowest BCUT2D eigenvalue weighted by molar-refractivity contribution is 0.445. The zero-order chi connectivity index (χ0) is 9.26. The number of hydrogen-bond acceptors (Lipinski definition) is 2. The predicted octanol–water partition coefficient (Wildman–Crippen LogP) is 2.54. The van der Waals surface area contributed by atoms with Crippen molar-refractivity contribution in [3.63, 3.8) is 0 Å². The molecule has 13 heavy (non-hydrogen) atoms. The zero-order valence-electron chi connectivity index (χ0n) is 8.01. The molecule has 0 bridgehead atoms. The number of benzene rings is 1. The molecule has 0 saturated heterocycles. The molecular formula is C11H16N2. The topological polar surface area (TPSA) is 38.0 Å². The van der Waals surface area contributed by atoms with Crippen molar-refractivity contribution in [2.45, 2.75) is 32.2 Å². The molecule has 0 unspecified atom stereocenters. The monoisotopic (exact) mass is 176 g/mol. The van der Waals surface area contributed by atoms with E-state index in [9.17, 15) is 0 Å². The van der Waals surface area contributed by atoms with Gasteiger partial charge in [0.25, 0.3) is 0 Å². The summed E-state index contributed by atoms with van der Waals surface area (Å²) >= 11 is 0. The number of nitrogens with two attached hydrogens (primary N) is 1. The summed E-state index contributed by atoms with van der Waals surface area (Å²) in [5, 5.41) is 3.52. The second-order valence-electron chi connectivity index (χ2n) is 3.85. The highest BCUT2D eigenvalue weighted by Gasteiger charge is 2.17. The van der Waals surface area contributed by atoms with E-state index in [-0.39, 0.29) is 0 Å². The van der Waals surface area contributed by atoms with E-state index in [1.165, 1.54) is 30.5 Å². The predicted molar refractivity (Wildman–Crippen MR) is 56.9 cm³/mol. The number of hydrogen-bond donors (Lipinski definition) is 2. The van der Waals surface area contributed by atoms with Crippen molar-refractivity contribution in [1.29, 1.82) is 0 Å². The second kappa shape index (κ2) is 3.29. The molecule has 0 aromatic heterocycles. The number of rotatable bonds is 2. The number of nitrogens with one attached hydrogen (secondary N) is 1. The molecule has 0 amide bonds. The quantitative estimate of drug-likeness (QED) is 0.679. The van der Waals surface area contributed by atoms with Crippen LogP contribution in [-0.2, 0) is 0 Å². The van der Waals surface area contributed by atoms with Gasteiger partial charge in [-0.2, -0.15) is 0 Å². The number of anilines is 2. The summed E-state index contributed by atoms with van der Waals surface area (Å²) in [6.45, 7) is 2.09. The van der Waals surface area contributed by atoms with Gasteiger partial charge in [0, 0.05) is 17.4 Å². The molecule has 70 valence electrons. The summed E-state index contributed by atoms with van der Waals surface area (Å²) in [5.74, 6) is 0. The third-order valence-electron chi connectivity index (χ3n) is 2.72. The van der Waals surface area contributed by atoms with Gasteiger partial charge in [-0.1, -0.05) is 0 Å². The molecule has 0 atom stereocenters. The molecule has 3 N–H and O–H groups in total. The lowest BCUT2D eigenvalue weighted by Gasteiger charge is -2.28. The largest absolute Gasteiger partial charge is 0.399 e. The van der Waals surface area contributed by atoms with Gasteiger partial charge in [0.15, 0.2) is 0 Å². The summed E-state index contributed by atoms with van der Waals surface area (Å²) < 4.78 is 0. The Hall–Kier alpha value is -1.18. The molecule has 0 heterocycles. The Balaban J connectivity index is 2.10. The first-order valence-electron chi connectivity index (χ1n) is 4.88. The van der Waals surface area contributed by atoms with Gasteiger partial charge in [0.05, 0.1) is 0 Å². The SMILES string of the molecule is Cc1cc(N)ccc1NC1CCC1. The zero-order valence-corrected chi connectivity index (χ0v) is 8.01. The van der Waals surface area contributed by atoms with Gasteiger partial charge >= 0.3 is 0 Å². The molecule has 2 rings (SSSR count). The Labute approximate surface area is 79.1 Å². The first-order valence-corrected chi connectivity index (χ1v) is 4.88. The maximum Gasteiger partial charge on any atom is 0.0373 e. The van der Waals surface area contributed by atoms with Crippen molar-refractivity contribution in [2.24, 2.45) is 0 Å². The van der Waals surface area contributed by atoms with Gasteiger partial charge in [-0.25, -0.2) is 0 Å². The molecule has 0 aliphatic heterocycles. The fourth-order valence-electron chi connectivity index (χ4n) is 1.62. The molecule has 0 spiro atoms. The fourth-order valence-corrected chi connectivity index (χ4v) is 1.62. The van der Waals surface area contributed by atoms with Crippen LogP contribution in [0.1, 0.15) is 24.8 Å². The molecule has 1 fully saturated rings. The average molecular weight is 176 g/mol. The van der Waals surface area contributed by atoms with Gasteiger partial charge in [-0.3, -0.25) is 0 Å². The van der Waals surface area contributed by atoms with Crippen molar-refractivity contribution in [1.82, 2.24) is 0 Å². The van der Waals surface area contributed by atoms with E-state index in [4.69, 9.17) is 5.73 Å². The van der Waals surface area contributed by atoms with Crippen LogP contribution in [0.15, 0.2) is 18.2 Å². The molecule has 1 saturated carbocycles. The number of aryl methyl sites for hydroxylation is 1. The third-order valence-corrected chi connectivity index (χ3v) is 2.72. The highest BCUT2D eigenvalue weighted by atomic mass is 14.9. The molecule has 1 aromatic carbocycles. The lowest BCUT2D eigenvalue weighted by atomic mass is 9.92. The Morgan fingerprint density at radius 3 is 2.69 bits per heavy atom. The summed E-state index contributed by atoms with van der Waals surface area (Å²) in [6.07, 6.45) is 3.99. The average Bonchev–Trinajstić information content (AvgIpc) is 1.99. The molecule has 2 heteroatoms. The minimum absolute atomic E-state index is 0.697. The normalized spacial score (nSPS) is 16.7. The Morgan fingerprint density at radius 2 is 2.15 bits per heavy atom. The van der Waals surface area contributed by atoms with Crippen molar-refractivity contribution in [3.8, 4) is 0 Å². The van der Waals surface area contributed by atoms with Crippen LogP contribution in [0, 0.1) is 6.92 Å². The minimum atomic E-state index is 0.697. The Kier molecular flexibility index (Phi) is 2.13. The first-order chi connectivity index (χ1) is 6.25. The maximum atomic E-state index is 5.68. The smallest absolute Gasteiger partial charge is 0.0373 e. The maximum absolute atomic E-state index is 5.68. The minimum Gasteiger partial charge on any atom is -0.399 e. The van der Waals surface area contributed by atoms with Crippen LogP contribution in [0.2, 0.25) is 0 Å². The third kappa shape index (κ3) is 1.77. The summed E-state index contributed by atoms with van der Waals surface area (Å²) in [6, 6.07) is 6.74. The molecule has 1 aromatic rings. The van der Waals surface area contributed by atoms with Crippen LogP contribution >= 0.6 is 0 Å². The van der Waals surface area contributed by atoms with Gasteiger partial charge in [-0.05, 0) is 49.9 Å². The molecule has 1 aliphatic rings. The Bertz CT molecular complexity index is 303. The summed E-state index contributed by atoms with van der Waals surface area (Å²) in [4.78, 5) is 0. The molecule has 0 radical (unpaired) electrons. The second-order valence-corrected chi connectivity index (χ2v) is 3.85. The lowest BCUT2D eigenvalue weighted by Crippen LogP contribution is -2.27. The van der Waals surface area contributed by atoms with E-state index >= 15 is 0 Å². The van der Waals surface area contributed by atoms with E-state index in [1.54, 1.807) is 0 Å². The van der Waals surface area contributed by atoms with E-state index < -0.39 is 0 Å². The highest BCUT2D eigenvalue weighted by Crippen LogP contribution is 2.25. The van der Waals surface area contributed by atoms with Crippen molar-refractivity contribution in [3.05, 3.63) is 23.8 Å². The van der Waals surface area contributed by atoms with Gasteiger partial charge in [0.2, 0.25) is 0 Å². The van der Waals surface area contributed by atoms with Crippen molar-refractivity contribution in [2.75, 3.05) is 11.1 Å². The van der Waals surface area contributed by atoms with Crippen molar-refractivity contribution >= 4 is 11.4 Å². The Morgan fingerprint density at radius 1 is 1.38 bits per heavy atom. The number of nitrogen functional groups attached to an aromatic ring is 1. The van der Waals surface area contributed by atoms with Gasteiger partial charge in [-0.15, -0.1) is 0 Å². The van der Waals surface area contributed by atoms with Gasteiger partial charge < -0.3 is 11.1 Å². The van der Waals surface area contributed by atoms with E-state index in [1.807, 2.05) is 12.1 Å². The van der Waals surface area contributed by atoms with Crippen molar-refractivity contribution < 1.29 is 0 Å². The van der Waals surface area contributed by atoms with E-state index in [0.29, 0.717) is 6.04 Å². The van der Waals surface area contributed by atoms with Crippen LogP contribution in [0.3, 0.4) is 0 Å². The van der Waals surface area contributed by atoms with E-state index in [2.05, 4.69) is 18.3 Å². The first kappa shape index (κ1) is 8.42. The van der Waals surface area contributed by atoms with Crippen LogP contribution < -0.4 is 11.1 Å². The summed E-state index contributed by atoms with van der Waals surface area (Å²) in [7, 11) is 0. The van der Waals surface area contributed by atoms with Gasteiger partial charge in [0.1, 0.15) is 0 Å². The van der Waals surface area contributed by atoms with Crippen LogP contribution in [0.5, 0.6) is 0 Å². The van der Waals surface area contributed by atoms with Crippen LogP contribution in [0.4, 0.5) is 11.4 Å². The van der Waals surface area contributed by atoms with Crippen LogP contribution in [-0.4, -0.2) is 6.04 Å². The molecule has 2 nitrogen and oxygen atoms in total. The highest BCUT2D eigenvalue weighted by molar-refractivity contribution is 5.58. The molecular weight excluding hydrogens is 160 g/mol. The molecule has 1 aliphatic carbocycles. The van der Waals surface area contributed by atoms with Crippen LogP contribution in [0.25, 0.3) is 0 Å². The standard InChI is InChI=1S/C11H16N2/c1-8-7-9(12)5-6-11(8)13-10-3-2-4-10/h5-7,10,13H,2-4,12H2,1H3. The summed E-state index contributed by atoms with van der Waals surface area (Å²) in [5.41, 5.74) is 9.00. The van der Waals surface area contributed by atoms with E-state index in [0.717, 1.165) is 5.69 Å². The fraction of sp³-hybridized carbons (Fsp3) is 0.455.